The number of aromatic nitrogens is 3. The number of aliphatic hydroxyl groups excluding tert-OH is 1. The minimum absolute atomic E-state index is 0.216. The molecule has 0 aromatic carbocycles. The summed E-state index contributed by atoms with van der Waals surface area (Å²) in [4.78, 5) is 6.40. The molecule has 1 atom stereocenters. The lowest BCUT2D eigenvalue weighted by Gasteiger charge is -2.17. The van der Waals surface area contributed by atoms with Crippen molar-refractivity contribution in [2.24, 2.45) is 7.05 Å². The van der Waals surface area contributed by atoms with Crippen molar-refractivity contribution in [3.05, 3.63) is 18.6 Å². The second kappa shape index (κ2) is 3.45. The van der Waals surface area contributed by atoms with Gasteiger partial charge in [0, 0.05) is 25.5 Å². The second-order valence-corrected chi connectivity index (χ2v) is 4.25. The largest absolute Gasteiger partial charge is 0.391 e. The molecule has 0 aliphatic carbocycles. The van der Waals surface area contributed by atoms with E-state index in [1.165, 1.54) is 0 Å². The zero-order valence-electron chi connectivity index (χ0n) is 9.17. The number of nitrogens with zero attached hydrogens (tertiary/aromatic N) is 4. The van der Waals surface area contributed by atoms with Gasteiger partial charge in [-0.25, -0.2) is 0 Å². The molecule has 0 spiro atoms. The number of rotatable bonds is 1. The summed E-state index contributed by atoms with van der Waals surface area (Å²) in [5.41, 5.74) is 2.10. The molecular weight excluding hydrogens is 204 g/mol. The molecule has 0 saturated carbocycles. The predicted octanol–water partition coefficient (Wildman–Crippen LogP) is 0.539. The van der Waals surface area contributed by atoms with Gasteiger partial charge in [0.05, 0.1) is 35.9 Å². The lowest BCUT2D eigenvalue weighted by atomic mass is 10.2. The Kier molecular flexibility index (Phi) is 2.07. The summed E-state index contributed by atoms with van der Waals surface area (Å²) in [6, 6.07) is 0. The molecule has 1 fully saturated rings. The number of hydrogen-bond acceptors (Lipinski definition) is 4. The molecule has 5 nitrogen and oxygen atoms in total. The number of aryl methyl sites for hydroxylation is 1. The molecule has 1 unspecified atom stereocenters. The summed E-state index contributed by atoms with van der Waals surface area (Å²) in [6.07, 6.45) is 6.14. The van der Waals surface area contributed by atoms with Gasteiger partial charge < -0.3 is 10.0 Å². The van der Waals surface area contributed by atoms with Crippen molar-refractivity contribution in [3.63, 3.8) is 0 Å². The quantitative estimate of drug-likeness (QED) is 0.759. The van der Waals surface area contributed by atoms with E-state index < -0.39 is 0 Å². The lowest BCUT2D eigenvalue weighted by molar-refractivity contribution is 0.198. The molecule has 3 rings (SSSR count). The number of anilines is 1. The molecule has 0 amide bonds. The fourth-order valence-corrected chi connectivity index (χ4v) is 2.26. The number of hydrogen-bond donors (Lipinski definition) is 1. The Morgan fingerprint density at radius 3 is 3.00 bits per heavy atom. The van der Waals surface area contributed by atoms with E-state index in [-0.39, 0.29) is 6.10 Å². The Hall–Kier alpha value is -1.62. The maximum absolute atomic E-state index is 9.56. The van der Waals surface area contributed by atoms with Crippen molar-refractivity contribution in [1.82, 2.24) is 14.8 Å². The smallest absolute Gasteiger partial charge is 0.0883 e. The van der Waals surface area contributed by atoms with Gasteiger partial charge >= 0.3 is 0 Å². The van der Waals surface area contributed by atoms with Gasteiger partial charge in [-0.1, -0.05) is 0 Å². The van der Waals surface area contributed by atoms with E-state index in [0.717, 1.165) is 29.6 Å². The first-order valence-electron chi connectivity index (χ1n) is 5.44. The maximum Gasteiger partial charge on any atom is 0.0883 e. The highest BCUT2D eigenvalue weighted by Crippen LogP contribution is 2.27. The van der Waals surface area contributed by atoms with Gasteiger partial charge in [0.1, 0.15) is 0 Å². The Morgan fingerprint density at radius 1 is 1.38 bits per heavy atom. The van der Waals surface area contributed by atoms with Crippen molar-refractivity contribution in [1.29, 1.82) is 0 Å². The summed E-state index contributed by atoms with van der Waals surface area (Å²) < 4.78 is 1.82. The highest BCUT2D eigenvalue weighted by molar-refractivity contribution is 5.90. The van der Waals surface area contributed by atoms with E-state index in [1.807, 2.05) is 30.3 Å². The fourth-order valence-electron chi connectivity index (χ4n) is 2.26. The van der Waals surface area contributed by atoms with E-state index in [2.05, 4.69) is 15.0 Å². The summed E-state index contributed by atoms with van der Waals surface area (Å²) in [6.45, 7) is 1.58. The topological polar surface area (TPSA) is 54.2 Å². The Morgan fingerprint density at radius 2 is 2.25 bits per heavy atom. The molecule has 1 aliphatic rings. The van der Waals surface area contributed by atoms with Gasteiger partial charge in [-0.15, -0.1) is 0 Å². The zero-order valence-corrected chi connectivity index (χ0v) is 9.17. The minimum Gasteiger partial charge on any atom is -0.391 e. The van der Waals surface area contributed by atoms with Gasteiger partial charge in [0.15, 0.2) is 0 Å². The van der Waals surface area contributed by atoms with E-state index in [9.17, 15) is 5.11 Å². The van der Waals surface area contributed by atoms with E-state index in [0.29, 0.717) is 6.54 Å². The van der Waals surface area contributed by atoms with Crippen LogP contribution in [0.5, 0.6) is 0 Å². The minimum atomic E-state index is -0.216. The van der Waals surface area contributed by atoms with Crippen LogP contribution in [-0.2, 0) is 7.05 Å². The van der Waals surface area contributed by atoms with Gasteiger partial charge in [-0.3, -0.25) is 9.67 Å². The average molecular weight is 218 g/mol. The van der Waals surface area contributed by atoms with E-state index >= 15 is 0 Å². The van der Waals surface area contributed by atoms with Gasteiger partial charge in [-0.2, -0.15) is 5.10 Å². The molecule has 1 saturated heterocycles. The Labute approximate surface area is 93.3 Å². The molecule has 2 aromatic heterocycles. The van der Waals surface area contributed by atoms with Crippen molar-refractivity contribution < 1.29 is 5.11 Å². The monoisotopic (exact) mass is 218 g/mol. The van der Waals surface area contributed by atoms with Crippen LogP contribution in [-0.4, -0.2) is 39.1 Å². The fraction of sp³-hybridized carbons (Fsp3) is 0.455. The van der Waals surface area contributed by atoms with Gasteiger partial charge in [0.25, 0.3) is 0 Å². The number of pyridine rings is 1. The molecule has 0 bridgehead atoms. The SMILES string of the molecule is Cn1ncc2c(N3CCC(O)C3)cncc21. The third kappa shape index (κ3) is 1.36. The second-order valence-electron chi connectivity index (χ2n) is 4.25. The predicted molar refractivity (Wildman–Crippen MR) is 61.3 cm³/mol. The summed E-state index contributed by atoms with van der Waals surface area (Å²) in [5.74, 6) is 0. The Bertz CT molecular complexity index is 522. The molecule has 1 aliphatic heterocycles. The maximum atomic E-state index is 9.56. The summed E-state index contributed by atoms with van der Waals surface area (Å²) >= 11 is 0. The van der Waals surface area contributed by atoms with Crippen molar-refractivity contribution >= 4 is 16.6 Å². The van der Waals surface area contributed by atoms with Crippen LogP contribution in [0.3, 0.4) is 0 Å². The average Bonchev–Trinajstić information content (AvgIpc) is 2.86. The normalized spacial score (nSPS) is 20.9. The van der Waals surface area contributed by atoms with Crippen molar-refractivity contribution in [2.75, 3.05) is 18.0 Å². The first kappa shape index (κ1) is 9.59. The molecule has 0 radical (unpaired) electrons. The van der Waals surface area contributed by atoms with Crippen molar-refractivity contribution in [2.45, 2.75) is 12.5 Å². The number of fused-ring (bicyclic) bond motifs is 1. The third-order valence-electron chi connectivity index (χ3n) is 3.16. The van der Waals surface area contributed by atoms with E-state index in [4.69, 9.17) is 0 Å². The first-order valence-corrected chi connectivity index (χ1v) is 5.44. The summed E-state index contributed by atoms with van der Waals surface area (Å²) in [7, 11) is 1.91. The standard InChI is InChI=1S/C11H14N4O/c1-14-10-5-12-6-11(9(10)4-13-14)15-3-2-8(16)7-15/h4-6,8,16H,2-3,7H2,1H3. The molecule has 5 heteroatoms. The number of aliphatic hydroxyl groups is 1. The van der Waals surface area contributed by atoms with Crippen LogP contribution >= 0.6 is 0 Å². The third-order valence-corrected chi connectivity index (χ3v) is 3.16. The lowest BCUT2D eigenvalue weighted by Crippen LogP contribution is -2.21. The van der Waals surface area contributed by atoms with Crippen molar-refractivity contribution in [3.8, 4) is 0 Å². The van der Waals surface area contributed by atoms with Crippen LogP contribution in [0.15, 0.2) is 18.6 Å². The highest BCUT2D eigenvalue weighted by atomic mass is 16.3. The molecular formula is C11H14N4O. The van der Waals surface area contributed by atoms with Crippen LogP contribution < -0.4 is 4.90 Å². The van der Waals surface area contributed by atoms with Gasteiger partial charge in [-0.05, 0) is 6.42 Å². The van der Waals surface area contributed by atoms with Crippen LogP contribution in [0.25, 0.3) is 10.9 Å². The summed E-state index contributed by atoms with van der Waals surface area (Å²) in [5, 5.41) is 14.9. The molecule has 84 valence electrons. The first-order chi connectivity index (χ1) is 7.75. The number of β-amino-alcohol motifs (C(OH)–C–C–N with tert-alkyl or cyclic N) is 1. The van der Waals surface area contributed by atoms with Crippen LogP contribution in [0, 0.1) is 0 Å². The molecule has 2 aromatic rings. The molecule has 1 N–H and O–H groups in total. The van der Waals surface area contributed by atoms with Crippen LogP contribution in [0.4, 0.5) is 5.69 Å². The van der Waals surface area contributed by atoms with Crippen LogP contribution in [0.1, 0.15) is 6.42 Å². The Balaban J connectivity index is 2.09. The molecule has 3 heterocycles. The van der Waals surface area contributed by atoms with E-state index in [1.54, 1.807) is 0 Å². The van der Waals surface area contributed by atoms with Crippen LogP contribution in [0.2, 0.25) is 0 Å². The highest BCUT2D eigenvalue weighted by Gasteiger charge is 2.22. The van der Waals surface area contributed by atoms with Gasteiger partial charge in [0.2, 0.25) is 0 Å². The molecule has 16 heavy (non-hydrogen) atoms. The zero-order chi connectivity index (χ0) is 11.1.